The number of carbonyl (C=O) groups excluding carboxylic acids is 2. The fraction of sp³-hybridized carbons (Fsp3) is 0.0952. The number of anilines is 2. The molecule has 8 heteroatoms. The van der Waals surface area contributed by atoms with Gasteiger partial charge in [-0.25, -0.2) is 4.98 Å². The van der Waals surface area contributed by atoms with E-state index in [0.29, 0.717) is 27.5 Å². The molecule has 4 aromatic rings. The molecule has 0 radical (unpaired) electrons. The number of amides is 2. The van der Waals surface area contributed by atoms with Gasteiger partial charge < -0.3 is 14.5 Å². The second-order valence-electron chi connectivity index (χ2n) is 6.16. The van der Waals surface area contributed by atoms with E-state index >= 15 is 0 Å². The lowest BCUT2D eigenvalue weighted by atomic mass is 10.1. The maximum absolute atomic E-state index is 12.8. The number of nitrogens with zero attached hydrogens (tertiary/aromatic N) is 1. The van der Waals surface area contributed by atoms with Gasteiger partial charge in [-0.15, -0.1) is 11.3 Å². The number of rotatable bonds is 6. The maximum atomic E-state index is 12.8. The van der Waals surface area contributed by atoms with E-state index in [4.69, 9.17) is 9.15 Å². The van der Waals surface area contributed by atoms with Gasteiger partial charge in [0.15, 0.2) is 10.9 Å². The quantitative estimate of drug-likeness (QED) is 0.489. The summed E-state index contributed by atoms with van der Waals surface area (Å²) in [6, 6.07) is 14.0. The van der Waals surface area contributed by atoms with Crippen LogP contribution in [0.3, 0.4) is 0 Å². The smallest absolute Gasteiger partial charge is 0.291 e. The predicted molar refractivity (Wildman–Crippen MR) is 111 cm³/mol. The zero-order valence-corrected chi connectivity index (χ0v) is 16.3. The number of hydrogen-bond donors (Lipinski definition) is 2. The van der Waals surface area contributed by atoms with Crippen molar-refractivity contribution >= 4 is 44.9 Å². The Morgan fingerprint density at radius 1 is 1.07 bits per heavy atom. The fourth-order valence-corrected chi connectivity index (χ4v) is 3.44. The van der Waals surface area contributed by atoms with Crippen molar-refractivity contribution in [3.8, 4) is 0 Å². The topological polar surface area (TPSA) is 93.5 Å². The molecule has 0 saturated carbocycles. The van der Waals surface area contributed by atoms with E-state index in [1.165, 1.54) is 11.3 Å². The van der Waals surface area contributed by atoms with E-state index in [0.717, 1.165) is 5.39 Å². The predicted octanol–water partition coefficient (Wildman–Crippen LogP) is 4.54. The largest absolute Gasteiger partial charge is 0.451 e. The molecule has 0 unspecified atom stereocenters. The highest BCUT2D eigenvalue weighted by Crippen LogP contribution is 2.27. The molecule has 7 nitrogen and oxygen atoms in total. The molecule has 2 N–H and O–H groups in total. The molecule has 2 aromatic carbocycles. The van der Waals surface area contributed by atoms with E-state index in [1.807, 2.05) is 18.2 Å². The summed E-state index contributed by atoms with van der Waals surface area (Å²) in [5.41, 5.74) is 2.32. The van der Waals surface area contributed by atoms with Crippen molar-refractivity contribution in [1.82, 2.24) is 4.98 Å². The molecule has 0 aliphatic carbocycles. The van der Waals surface area contributed by atoms with Gasteiger partial charge in [-0.3, -0.25) is 14.9 Å². The van der Waals surface area contributed by atoms with Crippen LogP contribution < -0.4 is 10.6 Å². The van der Waals surface area contributed by atoms with Crippen molar-refractivity contribution < 1.29 is 18.7 Å². The van der Waals surface area contributed by atoms with Crippen molar-refractivity contribution in [2.45, 2.75) is 6.61 Å². The van der Waals surface area contributed by atoms with E-state index < -0.39 is 0 Å². The molecule has 4 rings (SSSR count). The van der Waals surface area contributed by atoms with Crippen molar-refractivity contribution in [1.29, 1.82) is 0 Å². The SMILES string of the molecule is COCc1c(C(=O)Nc2ccc(C(=O)Nc3nccs3)cc2)oc2ccccc12. The molecule has 0 bridgehead atoms. The third kappa shape index (κ3) is 4.03. The van der Waals surface area contributed by atoms with Crippen molar-refractivity contribution in [2.75, 3.05) is 17.7 Å². The second-order valence-corrected chi connectivity index (χ2v) is 7.06. The number of fused-ring (bicyclic) bond motifs is 1. The molecule has 2 aromatic heterocycles. The zero-order chi connectivity index (χ0) is 20.2. The van der Waals surface area contributed by atoms with Crippen LogP contribution in [-0.2, 0) is 11.3 Å². The Morgan fingerprint density at radius 3 is 2.59 bits per heavy atom. The van der Waals surface area contributed by atoms with Gasteiger partial charge in [0, 0.05) is 40.9 Å². The first kappa shape index (κ1) is 18.9. The Hall–Kier alpha value is -3.49. The molecule has 146 valence electrons. The summed E-state index contributed by atoms with van der Waals surface area (Å²) in [5.74, 6) is -0.440. The minimum atomic E-state index is -0.381. The van der Waals surface area contributed by atoms with Crippen LogP contribution in [0.2, 0.25) is 0 Å². The summed E-state index contributed by atoms with van der Waals surface area (Å²) in [6.45, 7) is 0.260. The Balaban J connectivity index is 1.51. The number of ether oxygens (including phenoxy) is 1. The van der Waals surface area contributed by atoms with Crippen LogP contribution in [0.25, 0.3) is 11.0 Å². The van der Waals surface area contributed by atoms with Crippen LogP contribution in [0.5, 0.6) is 0 Å². The van der Waals surface area contributed by atoms with E-state index in [2.05, 4.69) is 15.6 Å². The molecule has 2 heterocycles. The summed E-state index contributed by atoms with van der Waals surface area (Å²) in [5, 5.41) is 8.67. The maximum Gasteiger partial charge on any atom is 0.291 e. The van der Waals surface area contributed by atoms with Crippen molar-refractivity contribution in [2.24, 2.45) is 0 Å². The van der Waals surface area contributed by atoms with Crippen LogP contribution in [0.15, 0.2) is 64.5 Å². The van der Waals surface area contributed by atoms with E-state index in [9.17, 15) is 9.59 Å². The normalized spacial score (nSPS) is 10.8. The first-order valence-electron chi connectivity index (χ1n) is 8.77. The van der Waals surface area contributed by atoms with Gasteiger partial charge in [-0.2, -0.15) is 0 Å². The van der Waals surface area contributed by atoms with Crippen LogP contribution in [0, 0.1) is 0 Å². The number of nitrogens with one attached hydrogen (secondary N) is 2. The molecule has 0 fully saturated rings. The summed E-state index contributed by atoms with van der Waals surface area (Å²) in [4.78, 5) is 29.0. The van der Waals surface area contributed by atoms with Crippen LogP contribution in [0.1, 0.15) is 26.5 Å². The standard InChI is InChI=1S/C21H17N3O4S/c1-27-12-16-15-4-2-3-5-17(15)28-18(16)20(26)23-14-8-6-13(7-9-14)19(25)24-21-22-10-11-29-21/h2-11H,12H2,1H3,(H,23,26)(H,22,24,25). The van der Waals surface area contributed by atoms with Gasteiger partial charge >= 0.3 is 0 Å². The molecule has 2 amide bonds. The van der Waals surface area contributed by atoms with Gasteiger partial charge in [0.1, 0.15) is 5.58 Å². The highest BCUT2D eigenvalue weighted by molar-refractivity contribution is 7.13. The Bertz CT molecular complexity index is 1150. The lowest BCUT2D eigenvalue weighted by molar-refractivity contribution is 0.0991. The second kappa shape index (κ2) is 8.26. The van der Waals surface area contributed by atoms with Crippen molar-refractivity contribution in [3.05, 3.63) is 77.0 Å². The first-order valence-corrected chi connectivity index (χ1v) is 9.65. The van der Waals surface area contributed by atoms with Crippen LogP contribution in [-0.4, -0.2) is 23.9 Å². The number of carbonyl (C=O) groups is 2. The van der Waals surface area contributed by atoms with Crippen LogP contribution >= 0.6 is 11.3 Å². The van der Waals surface area contributed by atoms with E-state index in [-0.39, 0.29) is 24.2 Å². The number of benzene rings is 2. The lowest BCUT2D eigenvalue weighted by Gasteiger charge is -2.07. The van der Waals surface area contributed by atoms with Gasteiger partial charge in [0.05, 0.1) is 6.61 Å². The first-order chi connectivity index (χ1) is 14.2. The number of hydrogen-bond acceptors (Lipinski definition) is 6. The molecule has 0 saturated heterocycles. The summed E-state index contributed by atoms with van der Waals surface area (Å²) >= 11 is 1.34. The minimum Gasteiger partial charge on any atom is -0.451 e. The van der Waals surface area contributed by atoms with Gasteiger partial charge in [-0.1, -0.05) is 18.2 Å². The Kier molecular flexibility index (Phi) is 5.37. The lowest BCUT2D eigenvalue weighted by Crippen LogP contribution is -2.14. The van der Waals surface area contributed by atoms with Gasteiger partial charge in [0.25, 0.3) is 11.8 Å². The molecule has 29 heavy (non-hydrogen) atoms. The summed E-state index contributed by atoms with van der Waals surface area (Å²) in [6.07, 6.45) is 1.62. The highest BCUT2D eigenvalue weighted by Gasteiger charge is 2.20. The average molecular weight is 407 g/mol. The number of aromatic nitrogens is 1. The molecule has 0 spiro atoms. The number of thiazole rings is 1. The number of methoxy groups -OCH3 is 1. The van der Waals surface area contributed by atoms with Gasteiger partial charge in [0.2, 0.25) is 0 Å². The highest BCUT2D eigenvalue weighted by atomic mass is 32.1. The number of para-hydroxylation sites is 1. The Labute approximate surface area is 170 Å². The summed E-state index contributed by atoms with van der Waals surface area (Å²) < 4.78 is 11.0. The summed E-state index contributed by atoms with van der Waals surface area (Å²) in [7, 11) is 1.57. The fourth-order valence-electron chi connectivity index (χ4n) is 2.92. The average Bonchev–Trinajstić information content (AvgIpc) is 3.37. The Morgan fingerprint density at radius 2 is 1.86 bits per heavy atom. The molecular weight excluding hydrogens is 390 g/mol. The number of furan rings is 1. The molecule has 0 aliphatic rings. The molecule has 0 aliphatic heterocycles. The third-order valence-corrected chi connectivity index (χ3v) is 4.94. The van der Waals surface area contributed by atoms with Gasteiger partial charge in [-0.05, 0) is 30.3 Å². The monoisotopic (exact) mass is 407 g/mol. The minimum absolute atomic E-state index is 0.207. The molecular formula is C21H17N3O4S. The van der Waals surface area contributed by atoms with E-state index in [1.54, 1.807) is 49.0 Å². The van der Waals surface area contributed by atoms with Crippen molar-refractivity contribution in [3.63, 3.8) is 0 Å². The third-order valence-electron chi connectivity index (χ3n) is 4.25. The molecule has 0 atom stereocenters. The van der Waals surface area contributed by atoms with Crippen LogP contribution in [0.4, 0.5) is 10.8 Å². The zero-order valence-electron chi connectivity index (χ0n) is 15.5.